The molecule has 0 saturated carbocycles. The van der Waals surface area contributed by atoms with Gasteiger partial charge in [-0.1, -0.05) is 69.4 Å². The first-order valence-electron chi connectivity index (χ1n) is 9.19. The monoisotopic (exact) mass is 437 g/mol. The quantitative estimate of drug-likeness (QED) is 0.446. The molecule has 29 heavy (non-hydrogen) atoms. The van der Waals surface area contributed by atoms with Gasteiger partial charge < -0.3 is 14.9 Å². The Morgan fingerprint density at radius 3 is 2.41 bits per heavy atom. The SMILES string of the molecule is CCC(Oc1ccccc1/C=C1\SC(=S)N(C(C(=O)O)C(C)CC)C1=O)C(=O)O. The molecule has 1 heterocycles. The fourth-order valence-electron chi connectivity index (χ4n) is 2.86. The largest absolute Gasteiger partial charge is 0.480 e. The first-order chi connectivity index (χ1) is 13.7. The van der Waals surface area contributed by atoms with E-state index in [-0.39, 0.29) is 21.6 Å². The number of benzene rings is 1. The van der Waals surface area contributed by atoms with Gasteiger partial charge in [0.15, 0.2) is 6.10 Å². The van der Waals surface area contributed by atoms with Crippen LogP contribution in [0.3, 0.4) is 0 Å². The smallest absolute Gasteiger partial charge is 0.344 e. The van der Waals surface area contributed by atoms with Gasteiger partial charge in [0, 0.05) is 5.56 Å². The number of ether oxygens (including phenoxy) is 1. The maximum Gasteiger partial charge on any atom is 0.344 e. The normalized spacial score (nSPS) is 18.6. The predicted molar refractivity (Wildman–Crippen MR) is 115 cm³/mol. The number of hydrogen-bond acceptors (Lipinski definition) is 6. The zero-order valence-electron chi connectivity index (χ0n) is 16.3. The molecule has 3 unspecified atom stereocenters. The van der Waals surface area contributed by atoms with Crippen molar-refractivity contribution in [2.24, 2.45) is 5.92 Å². The van der Waals surface area contributed by atoms with Crippen LogP contribution in [0.4, 0.5) is 0 Å². The Labute approximate surface area is 178 Å². The number of thiocarbonyl (C=S) groups is 1. The van der Waals surface area contributed by atoms with Crippen LogP contribution >= 0.6 is 24.0 Å². The number of rotatable bonds is 9. The molecule has 1 aromatic rings. The number of carboxylic acids is 2. The first-order valence-corrected chi connectivity index (χ1v) is 10.4. The fourth-order valence-corrected chi connectivity index (χ4v) is 4.18. The molecule has 1 aliphatic rings. The van der Waals surface area contributed by atoms with Crippen LogP contribution in [0.1, 0.15) is 39.2 Å². The topological polar surface area (TPSA) is 104 Å². The van der Waals surface area contributed by atoms with Crippen molar-refractivity contribution in [3.8, 4) is 5.75 Å². The summed E-state index contributed by atoms with van der Waals surface area (Å²) in [6, 6.07) is 5.72. The third kappa shape index (κ3) is 5.16. The van der Waals surface area contributed by atoms with Crippen LogP contribution in [0.15, 0.2) is 29.2 Å². The van der Waals surface area contributed by atoms with Crippen molar-refractivity contribution in [1.82, 2.24) is 4.90 Å². The van der Waals surface area contributed by atoms with Gasteiger partial charge >= 0.3 is 11.9 Å². The van der Waals surface area contributed by atoms with Crippen molar-refractivity contribution in [2.75, 3.05) is 0 Å². The second kappa shape index (κ2) is 9.89. The van der Waals surface area contributed by atoms with E-state index >= 15 is 0 Å². The lowest BCUT2D eigenvalue weighted by atomic mass is 9.98. The number of nitrogens with zero attached hydrogens (tertiary/aromatic N) is 1. The number of para-hydroxylation sites is 1. The lowest BCUT2D eigenvalue weighted by Gasteiger charge is -2.27. The maximum atomic E-state index is 12.9. The van der Waals surface area contributed by atoms with E-state index in [4.69, 9.17) is 17.0 Å². The highest BCUT2D eigenvalue weighted by atomic mass is 32.2. The number of thioether (sulfide) groups is 1. The zero-order valence-corrected chi connectivity index (χ0v) is 18.0. The molecular weight excluding hydrogens is 414 g/mol. The van der Waals surface area contributed by atoms with Gasteiger partial charge in [-0.25, -0.2) is 9.59 Å². The lowest BCUT2D eigenvalue weighted by molar-refractivity contribution is -0.147. The van der Waals surface area contributed by atoms with E-state index in [1.807, 2.05) is 6.92 Å². The molecule has 9 heteroatoms. The summed E-state index contributed by atoms with van der Waals surface area (Å²) < 4.78 is 5.78. The van der Waals surface area contributed by atoms with E-state index in [0.29, 0.717) is 17.7 Å². The molecule has 0 aromatic heterocycles. The standard InChI is InChI=1S/C20H23NO6S2/c1-4-11(3)16(19(25)26)21-17(22)15(29-20(21)28)10-12-8-6-7-9-14(12)27-13(5-2)18(23)24/h6-11,13,16H,4-5H2,1-3H3,(H,23,24)(H,25,26)/b15-10-. The number of carbonyl (C=O) groups excluding carboxylic acids is 1. The van der Waals surface area contributed by atoms with Crippen molar-refractivity contribution in [2.45, 2.75) is 45.8 Å². The van der Waals surface area contributed by atoms with Crippen LogP contribution < -0.4 is 4.74 Å². The average Bonchev–Trinajstić information content (AvgIpc) is 2.94. The number of amides is 1. The number of carboxylic acid groups (broad SMARTS) is 2. The van der Waals surface area contributed by atoms with E-state index < -0.39 is 30.0 Å². The summed E-state index contributed by atoms with van der Waals surface area (Å²) in [5, 5.41) is 18.8. The van der Waals surface area contributed by atoms with Crippen LogP contribution in [-0.2, 0) is 14.4 Å². The van der Waals surface area contributed by atoms with Gasteiger partial charge in [-0.15, -0.1) is 0 Å². The summed E-state index contributed by atoms with van der Waals surface area (Å²) in [4.78, 5) is 37.4. The van der Waals surface area contributed by atoms with Crippen LogP contribution in [0, 0.1) is 5.92 Å². The van der Waals surface area contributed by atoms with Gasteiger partial charge in [-0.2, -0.15) is 0 Å². The number of aliphatic carboxylic acids is 2. The van der Waals surface area contributed by atoms with Crippen LogP contribution in [0.2, 0.25) is 0 Å². The predicted octanol–water partition coefficient (Wildman–Crippen LogP) is 3.63. The Morgan fingerprint density at radius 1 is 1.21 bits per heavy atom. The molecule has 0 spiro atoms. The maximum absolute atomic E-state index is 12.9. The molecular formula is C20H23NO6S2. The second-order valence-electron chi connectivity index (χ2n) is 6.61. The minimum absolute atomic E-state index is 0.185. The Balaban J connectivity index is 2.37. The molecule has 1 saturated heterocycles. The van der Waals surface area contributed by atoms with E-state index in [1.165, 1.54) is 0 Å². The Morgan fingerprint density at radius 2 is 1.86 bits per heavy atom. The third-order valence-electron chi connectivity index (χ3n) is 4.66. The number of hydrogen-bond donors (Lipinski definition) is 2. The zero-order chi connectivity index (χ0) is 21.7. The van der Waals surface area contributed by atoms with Crippen molar-refractivity contribution in [3.63, 3.8) is 0 Å². The van der Waals surface area contributed by atoms with Gasteiger partial charge in [0.1, 0.15) is 16.1 Å². The summed E-state index contributed by atoms with van der Waals surface area (Å²) in [6.45, 7) is 5.32. The highest BCUT2D eigenvalue weighted by Gasteiger charge is 2.42. The van der Waals surface area contributed by atoms with E-state index in [1.54, 1.807) is 44.2 Å². The molecule has 7 nitrogen and oxygen atoms in total. The molecule has 1 fully saturated rings. The highest BCUT2D eigenvalue weighted by Crippen LogP contribution is 2.37. The fraction of sp³-hybridized carbons (Fsp3) is 0.400. The average molecular weight is 438 g/mol. The van der Waals surface area contributed by atoms with Crippen LogP contribution in [0.5, 0.6) is 5.75 Å². The molecule has 2 N–H and O–H groups in total. The summed E-state index contributed by atoms with van der Waals surface area (Å²) >= 11 is 6.31. The Kier molecular flexibility index (Phi) is 7.80. The Hall–Kier alpha value is -2.39. The molecule has 156 valence electrons. The molecule has 3 atom stereocenters. The molecule has 1 amide bonds. The van der Waals surface area contributed by atoms with E-state index in [0.717, 1.165) is 16.7 Å². The van der Waals surface area contributed by atoms with Crippen molar-refractivity contribution < 1.29 is 29.3 Å². The summed E-state index contributed by atoms with van der Waals surface area (Å²) in [7, 11) is 0. The van der Waals surface area contributed by atoms with E-state index in [2.05, 4.69) is 0 Å². The van der Waals surface area contributed by atoms with E-state index in [9.17, 15) is 24.6 Å². The third-order valence-corrected chi connectivity index (χ3v) is 5.99. The van der Waals surface area contributed by atoms with Crippen molar-refractivity contribution >= 4 is 52.2 Å². The summed E-state index contributed by atoms with van der Waals surface area (Å²) in [6.07, 6.45) is 1.40. The molecule has 2 rings (SSSR count). The molecule has 1 aliphatic heterocycles. The second-order valence-corrected chi connectivity index (χ2v) is 8.29. The van der Waals surface area contributed by atoms with Crippen molar-refractivity contribution in [1.29, 1.82) is 0 Å². The number of carbonyl (C=O) groups is 3. The Bertz CT molecular complexity index is 853. The van der Waals surface area contributed by atoms with Crippen LogP contribution in [-0.4, -0.2) is 49.4 Å². The lowest BCUT2D eigenvalue weighted by Crippen LogP contribution is -2.47. The van der Waals surface area contributed by atoms with Gasteiger partial charge in [-0.05, 0) is 24.5 Å². The summed E-state index contributed by atoms with van der Waals surface area (Å²) in [5.74, 6) is -2.61. The molecule has 0 aliphatic carbocycles. The van der Waals surface area contributed by atoms with Crippen molar-refractivity contribution in [3.05, 3.63) is 34.7 Å². The molecule has 0 bridgehead atoms. The van der Waals surface area contributed by atoms with Gasteiger partial charge in [0.2, 0.25) is 0 Å². The van der Waals surface area contributed by atoms with Gasteiger partial charge in [0.25, 0.3) is 5.91 Å². The van der Waals surface area contributed by atoms with Gasteiger partial charge in [0.05, 0.1) is 4.91 Å². The minimum Gasteiger partial charge on any atom is -0.480 e. The first kappa shape index (κ1) is 22.9. The molecule has 1 aromatic carbocycles. The van der Waals surface area contributed by atoms with Gasteiger partial charge in [-0.3, -0.25) is 9.69 Å². The summed E-state index contributed by atoms with van der Waals surface area (Å²) in [5.41, 5.74) is 0.517. The molecule has 0 radical (unpaired) electrons. The highest BCUT2D eigenvalue weighted by molar-refractivity contribution is 8.26. The van der Waals surface area contributed by atoms with Crippen LogP contribution in [0.25, 0.3) is 6.08 Å². The minimum atomic E-state index is -1.10.